The van der Waals surface area contributed by atoms with E-state index in [1.807, 2.05) is 0 Å². The monoisotopic (exact) mass is 682 g/mol. The molecule has 9 N–H and O–H groups in total. The maximum atomic E-state index is 13.0. The zero-order valence-electron chi connectivity index (χ0n) is 25.5. The van der Waals surface area contributed by atoms with E-state index in [0.717, 1.165) is 13.0 Å². The molecule has 0 radical (unpaired) electrons. The van der Waals surface area contributed by atoms with Gasteiger partial charge in [-0.1, -0.05) is 12.1 Å². The number of phenols is 4. The number of carbonyl (C=O) groups is 2. The summed E-state index contributed by atoms with van der Waals surface area (Å²) in [5, 5.41) is 89.8. The molecule has 264 valence electrons. The molecule has 0 saturated carbocycles. The number of hydrogen-bond donors (Lipinski definition) is 9. The van der Waals surface area contributed by atoms with Crippen molar-refractivity contribution in [1.82, 2.24) is 0 Å². The fourth-order valence-electron chi connectivity index (χ4n) is 5.11. The van der Waals surface area contributed by atoms with Crippen LogP contribution in [0.4, 0.5) is 0 Å². The van der Waals surface area contributed by atoms with Crippen molar-refractivity contribution in [2.45, 2.75) is 74.8 Å². The average molecular weight is 683 g/mol. The fourth-order valence-corrected chi connectivity index (χ4v) is 5.11. The van der Waals surface area contributed by atoms with Crippen LogP contribution in [0.25, 0.3) is 6.08 Å². The highest BCUT2D eigenvalue weighted by Gasteiger charge is 2.54. The molecule has 2 fully saturated rings. The van der Waals surface area contributed by atoms with Crippen molar-refractivity contribution >= 4 is 18.0 Å². The second-order valence-electron chi connectivity index (χ2n) is 11.0. The highest BCUT2D eigenvalue weighted by Crippen LogP contribution is 2.33. The molecule has 0 bridgehead atoms. The van der Waals surface area contributed by atoms with Gasteiger partial charge in [0, 0.05) is 13.0 Å². The van der Waals surface area contributed by atoms with E-state index in [-0.39, 0.29) is 30.3 Å². The van der Waals surface area contributed by atoms with Gasteiger partial charge >= 0.3 is 11.9 Å². The summed E-state index contributed by atoms with van der Waals surface area (Å²) in [6.07, 6.45) is -14.1. The Morgan fingerprint density at radius 2 is 1.40 bits per heavy atom. The highest BCUT2D eigenvalue weighted by molar-refractivity contribution is 5.87. The van der Waals surface area contributed by atoms with Crippen molar-refractivity contribution in [3.05, 3.63) is 53.6 Å². The van der Waals surface area contributed by atoms with Gasteiger partial charge in [0.25, 0.3) is 0 Å². The first-order chi connectivity index (χ1) is 22.8. The maximum Gasteiger partial charge on any atom is 0.331 e. The van der Waals surface area contributed by atoms with Crippen molar-refractivity contribution in [2.75, 3.05) is 19.8 Å². The summed E-state index contributed by atoms with van der Waals surface area (Å²) >= 11 is 0. The van der Waals surface area contributed by atoms with Crippen molar-refractivity contribution in [2.24, 2.45) is 0 Å². The minimum absolute atomic E-state index is 0.135. The number of aliphatic hydroxyl groups is 5. The van der Waals surface area contributed by atoms with E-state index >= 15 is 0 Å². The van der Waals surface area contributed by atoms with Crippen molar-refractivity contribution in [3.63, 3.8) is 0 Å². The standard InChI is InChI=1S/C31H38O17/c1-14(34)44-29-28(48-30-26(42)25(41)24(40)21(12-32)45-30)27(47-23(39)7-4-15-2-5-17(35)19(37)10-15)22(13-33)46-31(29)43-9-8-16-3-6-18(36)20(38)11-16/h2-7,10-11,21-22,24-33,35-38,40-42H,8-9,12-13H2,1H3/b7-4+/t21-,22-,24-,25+,26-,27-,28+,29-,30+,31-/m1/s1. The third-order valence-corrected chi connectivity index (χ3v) is 7.59. The third-order valence-electron chi connectivity index (χ3n) is 7.59. The van der Waals surface area contributed by atoms with E-state index in [1.165, 1.54) is 42.5 Å². The first kappa shape index (κ1) is 36.8. The fraction of sp³-hybridized carbons (Fsp3) is 0.484. The van der Waals surface area contributed by atoms with Gasteiger partial charge in [0.15, 0.2) is 47.8 Å². The highest BCUT2D eigenvalue weighted by atomic mass is 16.8. The molecule has 10 atom stereocenters. The number of aromatic hydroxyl groups is 4. The van der Waals surface area contributed by atoms with Crippen LogP contribution in [0.5, 0.6) is 23.0 Å². The summed E-state index contributed by atoms with van der Waals surface area (Å²) in [5.74, 6) is -3.44. The van der Waals surface area contributed by atoms with Crippen LogP contribution in [0.1, 0.15) is 18.1 Å². The molecule has 0 aromatic heterocycles. The molecule has 2 aromatic rings. The number of rotatable bonds is 12. The van der Waals surface area contributed by atoms with E-state index in [2.05, 4.69) is 0 Å². The van der Waals surface area contributed by atoms with Crippen LogP contribution in [0, 0.1) is 0 Å². The summed E-state index contributed by atoms with van der Waals surface area (Å²) in [6, 6.07) is 7.84. The summed E-state index contributed by atoms with van der Waals surface area (Å²) in [5.41, 5.74) is 0.835. The summed E-state index contributed by atoms with van der Waals surface area (Å²) in [6.45, 7) is -0.680. The smallest absolute Gasteiger partial charge is 0.331 e. The van der Waals surface area contributed by atoms with Crippen molar-refractivity contribution < 1.29 is 84.0 Å². The van der Waals surface area contributed by atoms with Crippen LogP contribution in [0.3, 0.4) is 0 Å². The van der Waals surface area contributed by atoms with Crippen LogP contribution >= 0.6 is 0 Å². The number of aliphatic hydroxyl groups excluding tert-OH is 5. The average Bonchev–Trinajstić information content (AvgIpc) is 3.05. The first-order valence-corrected chi connectivity index (χ1v) is 14.8. The number of ether oxygens (including phenoxy) is 6. The second-order valence-corrected chi connectivity index (χ2v) is 11.0. The Bertz CT molecular complexity index is 1430. The van der Waals surface area contributed by atoms with Gasteiger partial charge in [-0.25, -0.2) is 4.79 Å². The Hall–Kier alpha value is -4.04. The van der Waals surface area contributed by atoms with E-state index in [1.54, 1.807) is 0 Å². The molecule has 17 heteroatoms. The molecule has 0 unspecified atom stereocenters. The molecular formula is C31H38O17. The quantitative estimate of drug-likeness (QED) is 0.0702. The minimum Gasteiger partial charge on any atom is -0.504 e. The van der Waals surface area contributed by atoms with Crippen LogP contribution < -0.4 is 0 Å². The molecule has 48 heavy (non-hydrogen) atoms. The molecule has 2 heterocycles. The molecule has 4 rings (SSSR count). The maximum absolute atomic E-state index is 13.0. The Morgan fingerprint density at radius 1 is 0.750 bits per heavy atom. The molecule has 2 saturated heterocycles. The topological polar surface area (TPSA) is 272 Å². The van der Waals surface area contributed by atoms with Crippen LogP contribution in [0.15, 0.2) is 42.5 Å². The van der Waals surface area contributed by atoms with Gasteiger partial charge in [-0.3, -0.25) is 4.79 Å². The van der Waals surface area contributed by atoms with Gasteiger partial charge < -0.3 is 74.4 Å². The number of carbonyl (C=O) groups excluding carboxylic acids is 2. The lowest BCUT2D eigenvalue weighted by Crippen LogP contribution is -2.66. The van der Waals surface area contributed by atoms with E-state index in [4.69, 9.17) is 28.4 Å². The van der Waals surface area contributed by atoms with Gasteiger partial charge in [-0.05, 0) is 47.9 Å². The third kappa shape index (κ3) is 8.90. The SMILES string of the molecule is CC(=O)O[C@H]1[C@H](OCCc2ccc(O)c(O)c2)O[C@H](CO)[C@@H](OC(=O)/C=C/c2ccc(O)c(O)c2)[C@@H]1O[C@@H]1O[C@H](CO)[C@@H](O)[C@H](O)[C@H]1O. The molecule has 0 spiro atoms. The van der Waals surface area contributed by atoms with Gasteiger partial charge in [0.05, 0.1) is 19.8 Å². The molecule has 17 nitrogen and oxygen atoms in total. The Balaban J connectivity index is 1.63. The Labute approximate surface area is 273 Å². The van der Waals surface area contributed by atoms with E-state index in [0.29, 0.717) is 11.1 Å². The van der Waals surface area contributed by atoms with Gasteiger partial charge in [-0.2, -0.15) is 0 Å². The van der Waals surface area contributed by atoms with Gasteiger partial charge in [-0.15, -0.1) is 0 Å². The molecular weight excluding hydrogens is 644 g/mol. The predicted octanol–water partition coefficient (Wildman–Crippen LogP) is -1.47. The lowest BCUT2D eigenvalue weighted by molar-refractivity contribution is -0.360. The number of hydrogen-bond acceptors (Lipinski definition) is 17. The molecule has 2 aliphatic rings. The van der Waals surface area contributed by atoms with Crippen molar-refractivity contribution in [3.8, 4) is 23.0 Å². The number of benzene rings is 2. The molecule has 2 aromatic carbocycles. The predicted molar refractivity (Wildman–Crippen MR) is 158 cm³/mol. The Morgan fingerprint density at radius 3 is 2.02 bits per heavy atom. The van der Waals surface area contributed by atoms with Gasteiger partial charge in [0.2, 0.25) is 0 Å². The van der Waals surface area contributed by atoms with E-state index < -0.39 is 92.3 Å². The van der Waals surface area contributed by atoms with Crippen LogP contribution in [0.2, 0.25) is 0 Å². The van der Waals surface area contributed by atoms with E-state index in [9.17, 15) is 55.5 Å². The molecule has 0 aliphatic carbocycles. The normalized spacial score (nSPS) is 30.6. The van der Waals surface area contributed by atoms with Crippen LogP contribution in [-0.4, -0.2) is 139 Å². The number of phenolic OH excluding ortho intramolecular Hbond substituents is 4. The second kappa shape index (κ2) is 16.4. The molecule has 2 aliphatic heterocycles. The zero-order valence-corrected chi connectivity index (χ0v) is 25.5. The summed E-state index contributed by atoms with van der Waals surface area (Å²) < 4.78 is 34.1. The summed E-state index contributed by atoms with van der Waals surface area (Å²) in [7, 11) is 0. The van der Waals surface area contributed by atoms with Gasteiger partial charge in [0.1, 0.15) is 36.6 Å². The minimum atomic E-state index is -1.92. The largest absolute Gasteiger partial charge is 0.504 e. The lowest BCUT2D eigenvalue weighted by Gasteiger charge is -2.47. The number of esters is 2. The first-order valence-electron chi connectivity index (χ1n) is 14.8. The van der Waals surface area contributed by atoms with Crippen LogP contribution in [-0.2, 0) is 44.4 Å². The lowest BCUT2D eigenvalue weighted by atomic mass is 9.96. The molecule has 0 amide bonds. The Kier molecular flexibility index (Phi) is 12.6. The summed E-state index contributed by atoms with van der Waals surface area (Å²) in [4.78, 5) is 25.3. The zero-order chi connectivity index (χ0) is 35.1. The van der Waals surface area contributed by atoms with Crippen molar-refractivity contribution in [1.29, 1.82) is 0 Å².